The van der Waals surface area contributed by atoms with Crippen LogP contribution in [-0.2, 0) is 11.3 Å². The van der Waals surface area contributed by atoms with Gasteiger partial charge < -0.3 is 24.6 Å². The number of nitrogens with zero attached hydrogens (tertiary/aromatic N) is 2. The summed E-state index contributed by atoms with van der Waals surface area (Å²) in [6, 6.07) is 7.71. The van der Waals surface area contributed by atoms with Crippen molar-refractivity contribution >= 4 is 12.1 Å². The number of nitrogens with one attached hydrogen (secondary N) is 1. The number of rotatable bonds is 3. The molecule has 7 nitrogen and oxygen atoms in total. The Balaban J connectivity index is 1.56. The fraction of sp³-hybridized carbons (Fsp3) is 0.600. The number of piperidine rings is 1. The van der Waals surface area contributed by atoms with Gasteiger partial charge in [0, 0.05) is 26.2 Å². The molecule has 3 rings (SSSR count). The highest BCUT2D eigenvalue weighted by Crippen LogP contribution is 2.30. The van der Waals surface area contributed by atoms with E-state index >= 15 is 0 Å². The van der Waals surface area contributed by atoms with Crippen LogP contribution >= 0.6 is 0 Å². The summed E-state index contributed by atoms with van der Waals surface area (Å²) < 4.78 is 10.6. The predicted molar refractivity (Wildman–Crippen MR) is 102 cm³/mol. The second-order valence-corrected chi connectivity index (χ2v) is 8.38. The van der Waals surface area contributed by atoms with E-state index in [-0.39, 0.29) is 17.7 Å². The molecule has 0 aromatic heterocycles. The molecule has 0 unspecified atom stereocenters. The van der Waals surface area contributed by atoms with Gasteiger partial charge >= 0.3 is 12.1 Å². The Hall–Kier alpha value is -2.44. The smallest absolute Gasteiger partial charge is 0.410 e. The Labute approximate surface area is 160 Å². The molecular weight excluding hydrogens is 346 g/mol. The lowest BCUT2D eigenvalue weighted by Gasteiger charge is -2.39. The number of carbonyl (C=O) groups excluding carboxylic acids is 2. The first-order valence-electron chi connectivity index (χ1n) is 9.38. The third-order valence-electron chi connectivity index (χ3n) is 5.06. The first-order valence-corrected chi connectivity index (χ1v) is 9.38. The standard InChI is InChI=1S/C20H29N3O4/c1-19(2,3)27-18(25)22-11-9-20(10-12-22)14-23(17(24)21-20)13-15-5-7-16(26-4)8-6-15/h5-8H,9-14H2,1-4H3,(H,21,24). The maximum absolute atomic E-state index is 12.5. The largest absolute Gasteiger partial charge is 0.497 e. The van der Waals surface area contributed by atoms with Crippen molar-refractivity contribution in [3.05, 3.63) is 29.8 Å². The maximum Gasteiger partial charge on any atom is 0.410 e. The highest BCUT2D eigenvalue weighted by atomic mass is 16.6. The lowest BCUT2D eigenvalue weighted by atomic mass is 9.88. The quantitative estimate of drug-likeness (QED) is 0.882. The van der Waals surface area contributed by atoms with Gasteiger partial charge in [-0.3, -0.25) is 0 Å². The zero-order valence-corrected chi connectivity index (χ0v) is 16.6. The number of methoxy groups -OCH3 is 1. The summed E-state index contributed by atoms with van der Waals surface area (Å²) in [7, 11) is 1.64. The van der Waals surface area contributed by atoms with Crippen LogP contribution < -0.4 is 10.1 Å². The molecule has 2 aliphatic heterocycles. The normalized spacial score (nSPS) is 19.2. The molecule has 1 spiro atoms. The summed E-state index contributed by atoms with van der Waals surface area (Å²) in [4.78, 5) is 28.3. The van der Waals surface area contributed by atoms with E-state index in [1.54, 1.807) is 12.0 Å². The van der Waals surface area contributed by atoms with Crippen molar-refractivity contribution in [2.75, 3.05) is 26.7 Å². The van der Waals surface area contributed by atoms with Crippen molar-refractivity contribution in [2.24, 2.45) is 0 Å². The summed E-state index contributed by atoms with van der Waals surface area (Å²) >= 11 is 0. The van der Waals surface area contributed by atoms with Crippen LogP contribution in [0.4, 0.5) is 9.59 Å². The minimum atomic E-state index is -0.497. The van der Waals surface area contributed by atoms with E-state index in [1.807, 2.05) is 49.9 Å². The van der Waals surface area contributed by atoms with E-state index in [1.165, 1.54) is 0 Å². The molecule has 0 radical (unpaired) electrons. The number of likely N-dealkylation sites (tertiary alicyclic amines) is 1. The van der Waals surface area contributed by atoms with Gasteiger partial charge in [-0.05, 0) is 51.3 Å². The second kappa shape index (κ2) is 7.29. The minimum absolute atomic E-state index is 0.0449. The van der Waals surface area contributed by atoms with Gasteiger partial charge in [0.15, 0.2) is 0 Å². The zero-order valence-electron chi connectivity index (χ0n) is 16.6. The number of hydrogen-bond acceptors (Lipinski definition) is 4. The monoisotopic (exact) mass is 375 g/mol. The van der Waals surface area contributed by atoms with Crippen molar-refractivity contribution in [1.29, 1.82) is 0 Å². The molecule has 1 aromatic carbocycles. The van der Waals surface area contributed by atoms with Crippen LogP contribution in [0.25, 0.3) is 0 Å². The fourth-order valence-corrected chi connectivity index (χ4v) is 3.59. The highest BCUT2D eigenvalue weighted by Gasteiger charge is 2.45. The van der Waals surface area contributed by atoms with E-state index in [0.29, 0.717) is 26.2 Å². The highest BCUT2D eigenvalue weighted by molar-refractivity contribution is 5.78. The third-order valence-corrected chi connectivity index (χ3v) is 5.06. The van der Waals surface area contributed by atoms with Crippen LogP contribution in [-0.4, -0.2) is 59.8 Å². The maximum atomic E-state index is 12.5. The molecule has 0 saturated carbocycles. The van der Waals surface area contributed by atoms with Crippen molar-refractivity contribution in [1.82, 2.24) is 15.1 Å². The number of amides is 3. The average Bonchev–Trinajstić information content (AvgIpc) is 2.89. The molecule has 0 aliphatic carbocycles. The molecule has 7 heteroatoms. The lowest BCUT2D eigenvalue weighted by Crippen LogP contribution is -2.54. The van der Waals surface area contributed by atoms with E-state index in [4.69, 9.17) is 9.47 Å². The Morgan fingerprint density at radius 2 is 1.81 bits per heavy atom. The lowest BCUT2D eigenvalue weighted by molar-refractivity contribution is 0.0161. The molecule has 0 bridgehead atoms. The minimum Gasteiger partial charge on any atom is -0.497 e. The Morgan fingerprint density at radius 1 is 1.19 bits per heavy atom. The molecule has 148 valence electrons. The predicted octanol–water partition coefficient (Wildman–Crippen LogP) is 2.99. The zero-order chi connectivity index (χ0) is 19.7. The summed E-state index contributed by atoms with van der Waals surface area (Å²) in [6.45, 7) is 7.99. The van der Waals surface area contributed by atoms with Crippen LogP contribution in [0.1, 0.15) is 39.2 Å². The summed E-state index contributed by atoms with van der Waals surface area (Å²) in [5.41, 5.74) is 0.305. The number of carbonyl (C=O) groups is 2. The summed E-state index contributed by atoms with van der Waals surface area (Å²) in [5, 5.41) is 3.15. The van der Waals surface area contributed by atoms with Gasteiger partial charge in [-0.1, -0.05) is 12.1 Å². The van der Waals surface area contributed by atoms with Crippen LogP contribution in [0.15, 0.2) is 24.3 Å². The number of urea groups is 1. The van der Waals surface area contributed by atoms with E-state index in [0.717, 1.165) is 24.2 Å². The molecule has 2 fully saturated rings. The van der Waals surface area contributed by atoms with Crippen LogP contribution in [0.3, 0.4) is 0 Å². The van der Waals surface area contributed by atoms with Gasteiger partial charge in [-0.25, -0.2) is 9.59 Å². The molecular formula is C20H29N3O4. The van der Waals surface area contributed by atoms with Gasteiger partial charge in [0.25, 0.3) is 0 Å². The SMILES string of the molecule is COc1ccc(CN2CC3(CCN(C(=O)OC(C)(C)C)CC3)NC2=O)cc1. The fourth-order valence-electron chi connectivity index (χ4n) is 3.59. The average molecular weight is 375 g/mol. The van der Waals surface area contributed by atoms with Crippen molar-refractivity contribution in [2.45, 2.75) is 51.3 Å². The molecule has 0 atom stereocenters. The first-order chi connectivity index (χ1) is 12.7. The Kier molecular flexibility index (Phi) is 5.22. The van der Waals surface area contributed by atoms with Crippen LogP contribution in [0.5, 0.6) is 5.75 Å². The van der Waals surface area contributed by atoms with Gasteiger partial charge in [0.05, 0.1) is 12.6 Å². The van der Waals surface area contributed by atoms with E-state index in [2.05, 4.69) is 5.32 Å². The molecule has 2 aliphatic rings. The Morgan fingerprint density at radius 3 is 2.37 bits per heavy atom. The van der Waals surface area contributed by atoms with Gasteiger partial charge in [-0.2, -0.15) is 0 Å². The molecule has 27 heavy (non-hydrogen) atoms. The molecule has 1 aromatic rings. The topological polar surface area (TPSA) is 71.1 Å². The first kappa shape index (κ1) is 19.3. The van der Waals surface area contributed by atoms with Gasteiger partial charge in [0.1, 0.15) is 11.4 Å². The van der Waals surface area contributed by atoms with Crippen molar-refractivity contribution in [3.63, 3.8) is 0 Å². The third kappa shape index (κ3) is 4.64. The van der Waals surface area contributed by atoms with E-state index in [9.17, 15) is 9.59 Å². The van der Waals surface area contributed by atoms with Gasteiger partial charge in [0.2, 0.25) is 0 Å². The number of benzene rings is 1. The second-order valence-electron chi connectivity index (χ2n) is 8.38. The summed E-state index contributed by atoms with van der Waals surface area (Å²) in [6.07, 6.45) is 1.19. The summed E-state index contributed by atoms with van der Waals surface area (Å²) in [5.74, 6) is 0.801. The Bertz CT molecular complexity index is 688. The molecule has 1 N–H and O–H groups in total. The number of hydrogen-bond donors (Lipinski definition) is 1. The van der Waals surface area contributed by atoms with Crippen molar-refractivity contribution < 1.29 is 19.1 Å². The molecule has 2 heterocycles. The molecule has 2 saturated heterocycles. The number of ether oxygens (including phenoxy) is 2. The van der Waals surface area contributed by atoms with Crippen LogP contribution in [0, 0.1) is 0 Å². The van der Waals surface area contributed by atoms with Crippen molar-refractivity contribution in [3.8, 4) is 5.75 Å². The van der Waals surface area contributed by atoms with Gasteiger partial charge in [-0.15, -0.1) is 0 Å². The van der Waals surface area contributed by atoms with E-state index < -0.39 is 5.60 Å². The van der Waals surface area contributed by atoms with Crippen LogP contribution in [0.2, 0.25) is 0 Å². The molecule has 3 amide bonds.